The normalized spacial score (nSPS) is 23.0. The number of aryl methyl sites for hydroxylation is 2. The van der Waals surface area contributed by atoms with Crippen LogP contribution in [0.25, 0.3) is 0 Å². The Morgan fingerprint density at radius 3 is 2.77 bits per heavy atom. The molecule has 6 heteroatoms. The Bertz CT molecular complexity index is 501. The lowest BCUT2D eigenvalue weighted by Gasteiger charge is -2.28. The third-order valence-electron chi connectivity index (χ3n) is 4.89. The van der Waals surface area contributed by atoms with E-state index in [0.29, 0.717) is 11.7 Å². The number of nitrogens with zero attached hydrogens (tertiary/aromatic N) is 4. The maximum atomic E-state index is 12.3. The number of amides is 2. The van der Waals surface area contributed by atoms with Crippen molar-refractivity contribution in [1.29, 1.82) is 0 Å². The molecule has 1 atom stereocenters. The molecule has 3 heterocycles. The van der Waals surface area contributed by atoms with Crippen LogP contribution in [0.4, 0.5) is 10.6 Å². The van der Waals surface area contributed by atoms with Gasteiger partial charge in [-0.25, -0.2) is 4.79 Å². The minimum atomic E-state index is -0.0146. The minimum Gasteiger partial charge on any atom is -0.324 e. The van der Waals surface area contributed by atoms with Gasteiger partial charge in [-0.05, 0) is 45.2 Å². The van der Waals surface area contributed by atoms with Crippen LogP contribution >= 0.6 is 0 Å². The summed E-state index contributed by atoms with van der Waals surface area (Å²) in [5.74, 6) is 1.26. The van der Waals surface area contributed by atoms with Gasteiger partial charge in [-0.1, -0.05) is 6.42 Å². The number of likely N-dealkylation sites (tertiary alicyclic amines) is 2. The summed E-state index contributed by atoms with van der Waals surface area (Å²) in [6, 6.07) is 1.89. The minimum absolute atomic E-state index is 0.0146. The topological polar surface area (TPSA) is 53.4 Å². The van der Waals surface area contributed by atoms with Crippen molar-refractivity contribution in [2.75, 3.05) is 38.0 Å². The summed E-state index contributed by atoms with van der Waals surface area (Å²) in [7, 11) is 1.88. The number of carbonyl (C=O) groups is 1. The molecular formula is C16H27N5O. The Hall–Kier alpha value is -1.56. The van der Waals surface area contributed by atoms with Crippen LogP contribution in [0.15, 0.2) is 6.07 Å². The van der Waals surface area contributed by atoms with Gasteiger partial charge in [0.25, 0.3) is 0 Å². The summed E-state index contributed by atoms with van der Waals surface area (Å²) in [6.07, 6.45) is 5.15. The number of hydrogen-bond donors (Lipinski definition) is 1. The lowest BCUT2D eigenvalue weighted by Crippen LogP contribution is -2.37. The molecule has 1 N–H and O–H groups in total. The van der Waals surface area contributed by atoms with Crippen LogP contribution in [0.2, 0.25) is 0 Å². The second-order valence-corrected chi connectivity index (χ2v) is 6.69. The second kappa shape index (κ2) is 6.69. The average Bonchev–Trinajstić information content (AvgIpc) is 3.08. The Morgan fingerprint density at radius 2 is 2.09 bits per heavy atom. The molecule has 3 rings (SSSR count). The fourth-order valence-electron chi connectivity index (χ4n) is 3.48. The van der Waals surface area contributed by atoms with Gasteiger partial charge in [0.05, 0.1) is 0 Å². The Morgan fingerprint density at radius 1 is 1.32 bits per heavy atom. The van der Waals surface area contributed by atoms with Crippen LogP contribution in [-0.4, -0.2) is 58.3 Å². The number of rotatable bonds is 3. The molecule has 2 saturated heterocycles. The van der Waals surface area contributed by atoms with E-state index in [4.69, 9.17) is 0 Å². The molecule has 1 aromatic rings. The highest BCUT2D eigenvalue weighted by Crippen LogP contribution is 2.20. The van der Waals surface area contributed by atoms with E-state index in [9.17, 15) is 4.79 Å². The van der Waals surface area contributed by atoms with Crippen LogP contribution in [0.3, 0.4) is 0 Å². The molecule has 0 aliphatic carbocycles. The predicted molar refractivity (Wildman–Crippen MR) is 86.9 cm³/mol. The van der Waals surface area contributed by atoms with Gasteiger partial charge in [0.15, 0.2) is 5.82 Å². The SMILES string of the molecule is Cc1cc(NC(=O)N2CC[C@H](CN3CCCCC3)C2)nn1C. The quantitative estimate of drug-likeness (QED) is 0.930. The number of anilines is 1. The summed E-state index contributed by atoms with van der Waals surface area (Å²) < 4.78 is 1.78. The van der Waals surface area contributed by atoms with Crippen LogP contribution in [-0.2, 0) is 7.05 Å². The molecule has 1 aromatic heterocycles. The van der Waals surface area contributed by atoms with Crippen molar-refractivity contribution in [3.05, 3.63) is 11.8 Å². The van der Waals surface area contributed by atoms with Gasteiger partial charge < -0.3 is 9.80 Å². The van der Waals surface area contributed by atoms with E-state index in [1.165, 1.54) is 32.4 Å². The molecule has 6 nitrogen and oxygen atoms in total. The monoisotopic (exact) mass is 305 g/mol. The third kappa shape index (κ3) is 3.61. The highest BCUT2D eigenvalue weighted by atomic mass is 16.2. The molecule has 0 radical (unpaired) electrons. The first kappa shape index (κ1) is 15.3. The molecule has 0 aromatic carbocycles. The van der Waals surface area contributed by atoms with Gasteiger partial charge >= 0.3 is 6.03 Å². The molecule has 2 aliphatic rings. The summed E-state index contributed by atoms with van der Waals surface area (Å²) in [6.45, 7) is 7.32. The first-order valence-electron chi connectivity index (χ1n) is 8.41. The van der Waals surface area contributed by atoms with Crippen molar-refractivity contribution >= 4 is 11.8 Å². The van der Waals surface area contributed by atoms with E-state index in [2.05, 4.69) is 15.3 Å². The zero-order valence-electron chi connectivity index (χ0n) is 13.7. The molecule has 22 heavy (non-hydrogen) atoms. The Balaban J connectivity index is 1.48. The number of nitrogens with one attached hydrogen (secondary N) is 1. The van der Waals surface area contributed by atoms with Gasteiger partial charge in [0.2, 0.25) is 0 Å². The van der Waals surface area contributed by atoms with Gasteiger partial charge in [-0.2, -0.15) is 5.10 Å². The van der Waals surface area contributed by atoms with Crippen molar-refractivity contribution in [2.24, 2.45) is 13.0 Å². The lowest BCUT2D eigenvalue weighted by atomic mass is 10.1. The largest absolute Gasteiger partial charge is 0.324 e. The van der Waals surface area contributed by atoms with E-state index in [-0.39, 0.29) is 6.03 Å². The zero-order chi connectivity index (χ0) is 15.5. The molecule has 0 unspecified atom stereocenters. The van der Waals surface area contributed by atoms with Crippen molar-refractivity contribution in [3.63, 3.8) is 0 Å². The van der Waals surface area contributed by atoms with Crippen LogP contribution in [0.1, 0.15) is 31.4 Å². The van der Waals surface area contributed by atoms with E-state index in [0.717, 1.165) is 31.7 Å². The smallest absolute Gasteiger partial charge is 0.323 e. The van der Waals surface area contributed by atoms with Crippen molar-refractivity contribution in [3.8, 4) is 0 Å². The van der Waals surface area contributed by atoms with Crippen molar-refractivity contribution in [2.45, 2.75) is 32.6 Å². The van der Waals surface area contributed by atoms with E-state index in [1.54, 1.807) is 4.68 Å². The number of hydrogen-bond acceptors (Lipinski definition) is 3. The molecule has 2 aliphatic heterocycles. The van der Waals surface area contributed by atoms with Crippen LogP contribution in [0.5, 0.6) is 0 Å². The van der Waals surface area contributed by atoms with Crippen molar-refractivity contribution < 1.29 is 4.79 Å². The van der Waals surface area contributed by atoms with Crippen LogP contribution < -0.4 is 5.32 Å². The fourth-order valence-corrected chi connectivity index (χ4v) is 3.48. The average molecular weight is 305 g/mol. The number of urea groups is 1. The number of piperidine rings is 1. The Kier molecular flexibility index (Phi) is 4.66. The molecule has 0 spiro atoms. The first-order chi connectivity index (χ1) is 10.6. The van der Waals surface area contributed by atoms with Crippen molar-refractivity contribution in [1.82, 2.24) is 19.6 Å². The lowest BCUT2D eigenvalue weighted by molar-refractivity contribution is 0.192. The maximum absolute atomic E-state index is 12.3. The van der Waals surface area contributed by atoms with E-state index in [1.807, 2.05) is 24.9 Å². The molecule has 2 fully saturated rings. The van der Waals surface area contributed by atoms with E-state index < -0.39 is 0 Å². The van der Waals surface area contributed by atoms with Gasteiger partial charge in [-0.3, -0.25) is 10.00 Å². The predicted octanol–water partition coefficient (Wildman–Crippen LogP) is 2.07. The summed E-state index contributed by atoms with van der Waals surface area (Å²) in [5, 5.41) is 7.20. The first-order valence-corrected chi connectivity index (χ1v) is 8.41. The number of carbonyl (C=O) groups excluding carboxylic acids is 1. The molecule has 122 valence electrons. The summed E-state index contributed by atoms with van der Waals surface area (Å²) in [5.41, 5.74) is 1.04. The second-order valence-electron chi connectivity index (χ2n) is 6.69. The highest BCUT2D eigenvalue weighted by molar-refractivity contribution is 5.88. The van der Waals surface area contributed by atoms with Gasteiger partial charge in [0, 0.05) is 38.4 Å². The van der Waals surface area contributed by atoms with Gasteiger partial charge in [0.1, 0.15) is 0 Å². The molecular weight excluding hydrogens is 278 g/mol. The molecule has 0 saturated carbocycles. The fraction of sp³-hybridized carbons (Fsp3) is 0.750. The maximum Gasteiger partial charge on any atom is 0.323 e. The standard InChI is InChI=1S/C16H27N5O/c1-13-10-15(18-19(13)2)17-16(22)21-9-6-14(12-21)11-20-7-4-3-5-8-20/h10,14H,3-9,11-12H2,1-2H3,(H,17,18,22)/t14-/m1/s1. The van der Waals surface area contributed by atoms with Gasteiger partial charge in [-0.15, -0.1) is 0 Å². The highest BCUT2D eigenvalue weighted by Gasteiger charge is 2.28. The molecule has 2 amide bonds. The zero-order valence-corrected chi connectivity index (χ0v) is 13.7. The summed E-state index contributed by atoms with van der Waals surface area (Å²) >= 11 is 0. The summed E-state index contributed by atoms with van der Waals surface area (Å²) in [4.78, 5) is 16.8. The third-order valence-corrected chi connectivity index (χ3v) is 4.89. The molecule has 0 bridgehead atoms. The van der Waals surface area contributed by atoms with E-state index >= 15 is 0 Å². The van der Waals surface area contributed by atoms with Crippen LogP contribution in [0, 0.1) is 12.8 Å². The number of aromatic nitrogens is 2. The Labute approximate surface area is 132 Å².